The van der Waals surface area contributed by atoms with E-state index >= 15 is 0 Å². The van der Waals surface area contributed by atoms with Gasteiger partial charge < -0.3 is 13.9 Å². The molecule has 3 aromatic rings. The van der Waals surface area contributed by atoms with E-state index in [4.69, 9.17) is 13.9 Å². The molecule has 25 heavy (non-hydrogen) atoms. The number of fused-ring (bicyclic) bond motifs is 1. The number of rotatable bonds is 4. The molecular weight excluding hydrogens is 320 g/mol. The standard InChI is InChI=1S/C20H18O5/c1-12-4-9-17-15(10-18(21)25-19(17)13(12)2)11-24-20(22)14-5-7-16(23-3)8-6-14/h4-10H,11H2,1-3H3. The van der Waals surface area contributed by atoms with Crippen LogP contribution in [0.1, 0.15) is 27.0 Å². The van der Waals surface area contributed by atoms with E-state index in [9.17, 15) is 9.59 Å². The van der Waals surface area contributed by atoms with Crippen LogP contribution in [0.5, 0.6) is 5.75 Å². The molecule has 0 amide bonds. The van der Waals surface area contributed by atoms with E-state index in [0.29, 0.717) is 22.5 Å². The second kappa shape index (κ2) is 6.81. The van der Waals surface area contributed by atoms with Crippen molar-refractivity contribution in [1.82, 2.24) is 0 Å². The largest absolute Gasteiger partial charge is 0.497 e. The average Bonchev–Trinajstić information content (AvgIpc) is 2.63. The van der Waals surface area contributed by atoms with Crippen LogP contribution in [0.25, 0.3) is 11.0 Å². The summed E-state index contributed by atoms with van der Waals surface area (Å²) < 4.78 is 15.7. The first kappa shape index (κ1) is 16.8. The molecule has 0 aliphatic rings. The molecule has 1 heterocycles. The summed E-state index contributed by atoms with van der Waals surface area (Å²) in [5.74, 6) is 0.196. The van der Waals surface area contributed by atoms with E-state index in [1.807, 2.05) is 26.0 Å². The zero-order valence-electron chi connectivity index (χ0n) is 14.3. The summed E-state index contributed by atoms with van der Waals surface area (Å²) in [5, 5.41) is 0.769. The number of hydrogen-bond acceptors (Lipinski definition) is 5. The first-order valence-corrected chi connectivity index (χ1v) is 7.83. The van der Waals surface area contributed by atoms with Crippen LogP contribution in [0.3, 0.4) is 0 Å². The number of esters is 1. The second-order valence-corrected chi connectivity index (χ2v) is 5.78. The molecule has 0 fully saturated rings. The molecule has 0 unspecified atom stereocenters. The zero-order valence-corrected chi connectivity index (χ0v) is 14.3. The molecule has 0 aliphatic heterocycles. The minimum atomic E-state index is -0.465. The Kier molecular flexibility index (Phi) is 4.57. The Morgan fingerprint density at radius 2 is 1.80 bits per heavy atom. The van der Waals surface area contributed by atoms with Gasteiger partial charge in [-0.3, -0.25) is 0 Å². The summed E-state index contributed by atoms with van der Waals surface area (Å²) in [6.07, 6.45) is 0. The molecule has 1 aromatic heterocycles. The molecule has 0 saturated carbocycles. The van der Waals surface area contributed by atoms with Crippen molar-refractivity contribution in [1.29, 1.82) is 0 Å². The van der Waals surface area contributed by atoms with Gasteiger partial charge in [-0.2, -0.15) is 0 Å². The molecule has 5 heteroatoms. The molecule has 0 aliphatic carbocycles. The molecule has 5 nitrogen and oxygen atoms in total. The summed E-state index contributed by atoms with van der Waals surface area (Å²) in [4.78, 5) is 24.0. The van der Waals surface area contributed by atoms with Gasteiger partial charge in [0.05, 0.1) is 12.7 Å². The number of methoxy groups -OCH3 is 1. The topological polar surface area (TPSA) is 65.7 Å². The van der Waals surface area contributed by atoms with Crippen LogP contribution in [-0.4, -0.2) is 13.1 Å². The van der Waals surface area contributed by atoms with Gasteiger partial charge in [-0.1, -0.05) is 12.1 Å². The lowest BCUT2D eigenvalue weighted by molar-refractivity contribution is 0.0474. The van der Waals surface area contributed by atoms with Crippen molar-refractivity contribution >= 4 is 16.9 Å². The van der Waals surface area contributed by atoms with Crippen LogP contribution in [0.4, 0.5) is 0 Å². The molecule has 0 bridgehead atoms. The minimum absolute atomic E-state index is 0.00450. The van der Waals surface area contributed by atoms with Gasteiger partial charge in [0.1, 0.15) is 17.9 Å². The highest BCUT2D eigenvalue weighted by Crippen LogP contribution is 2.24. The number of carbonyl (C=O) groups is 1. The van der Waals surface area contributed by atoms with Gasteiger partial charge in [-0.25, -0.2) is 9.59 Å². The van der Waals surface area contributed by atoms with E-state index in [1.54, 1.807) is 31.4 Å². The van der Waals surface area contributed by atoms with Crippen molar-refractivity contribution in [2.45, 2.75) is 20.5 Å². The second-order valence-electron chi connectivity index (χ2n) is 5.78. The Balaban J connectivity index is 1.86. The number of aryl methyl sites for hydroxylation is 2. The molecule has 2 aromatic carbocycles. The van der Waals surface area contributed by atoms with Crippen molar-refractivity contribution in [2.75, 3.05) is 7.11 Å². The first-order valence-electron chi connectivity index (χ1n) is 7.83. The SMILES string of the molecule is COc1ccc(C(=O)OCc2cc(=O)oc3c(C)c(C)ccc23)cc1. The van der Waals surface area contributed by atoms with Gasteiger partial charge in [0.15, 0.2) is 0 Å². The van der Waals surface area contributed by atoms with Crippen LogP contribution >= 0.6 is 0 Å². The maximum absolute atomic E-state index is 12.2. The van der Waals surface area contributed by atoms with Crippen LogP contribution < -0.4 is 10.4 Å². The fraction of sp³-hybridized carbons (Fsp3) is 0.200. The van der Waals surface area contributed by atoms with E-state index in [2.05, 4.69) is 0 Å². The number of carbonyl (C=O) groups excluding carboxylic acids is 1. The Morgan fingerprint density at radius 1 is 1.08 bits per heavy atom. The van der Waals surface area contributed by atoms with E-state index < -0.39 is 11.6 Å². The van der Waals surface area contributed by atoms with Crippen molar-refractivity contribution in [3.63, 3.8) is 0 Å². The van der Waals surface area contributed by atoms with E-state index in [-0.39, 0.29) is 6.61 Å². The highest BCUT2D eigenvalue weighted by atomic mass is 16.5. The van der Waals surface area contributed by atoms with Gasteiger partial charge in [0, 0.05) is 17.0 Å². The zero-order chi connectivity index (χ0) is 18.0. The number of hydrogen-bond donors (Lipinski definition) is 0. The third-order valence-electron chi connectivity index (χ3n) is 4.20. The third kappa shape index (κ3) is 3.40. The molecule has 0 atom stereocenters. The Hall–Kier alpha value is -3.08. The third-order valence-corrected chi connectivity index (χ3v) is 4.20. The molecular formula is C20H18O5. The minimum Gasteiger partial charge on any atom is -0.497 e. The molecule has 0 saturated heterocycles. The lowest BCUT2D eigenvalue weighted by Gasteiger charge is -2.10. The molecule has 0 spiro atoms. The van der Waals surface area contributed by atoms with E-state index in [0.717, 1.165) is 16.5 Å². The van der Waals surface area contributed by atoms with Gasteiger partial charge in [-0.15, -0.1) is 0 Å². The fourth-order valence-electron chi connectivity index (χ4n) is 2.60. The van der Waals surface area contributed by atoms with Crippen LogP contribution in [0.15, 0.2) is 51.7 Å². The quantitative estimate of drug-likeness (QED) is 0.535. The number of benzene rings is 2. The Labute approximate surface area is 144 Å². The van der Waals surface area contributed by atoms with Crippen molar-refractivity contribution in [2.24, 2.45) is 0 Å². The first-order chi connectivity index (χ1) is 12.0. The predicted octanol–water partition coefficient (Wildman–Crippen LogP) is 3.78. The normalized spacial score (nSPS) is 10.7. The summed E-state index contributed by atoms with van der Waals surface area (Å²) in [5.41, 5.74) is 3.04. The van der Waals surface area contributed by atoms with Crippen LogP contribution in [0, 0.1) is 13.8 Å². The maximum Gasteiger partial charge on any atom is 0.338 e. The molecule has 0 radical (unpaired) electrons. The molecule has 3 rings (SSSR count). The predicted molar refractivity (Wildman–Crippen MR) is 94.1 cm³/mol. The fourth-order valence-corrected chi connectivity index (χ4v) is 2.60. The van der Waals surface area contributed by atoms with Crippen LogP contribution in [-0.2, 0) is 11.3 Å². The highest BCUT2D eigenvalue weighted by molar-refractivity contribution is 5.90. The van der Waals surface area contributed by atoms with Gasteiger partial charge >= 0.3 is 11.6 Å². The maximum atomic E-state index is 12.2. The lowest BCUT2D eigenvalue weighted by Crippen LogP contribution is -2.08. The summed E-state index contributed by atoms with van der Waals surface area (Å²) in [6, 6.07) is 11.8. The van der Waals surface area contributed by atoms with E-state index in [1.165, 1.54) is 6.07 Å². The summed E-state index contributed by atoms with van der Waals surface area (Å²) in [6.45, 7) is 3.84. The summed E-state index contributed by atoms with van der Waals surface area (Å²) in [7, 11) is 1.56. The van der Waals surface area contributed by atoms with Crippen molar-refractivity contribution < 1.29 is 18.7 Å². The Bertz CT molecular complexity index is 983. The smallest absolute Gasteiger partial charge is 0.338 e. The average molecular weight is 338 g/mol. The van der Waals surface area contributed by atoms with Crippen molar-refractivity contribution in [3.05, 3.63) is 75.1 Å². The highest BCUT2D eigenvalue weighted by Gasteiger charge is 2.12. The molecule has 0 N–H and O–H groups in total. The van der Waals surface area contributed by atoms with Gasteiger partial charge in [-0.05, 0) is 49.2 Å². The number of ether oxygens (including phenoxy) is 2. The van der Waals surface area contributed by atoms with Gasteiger partial charge in [0.25, 0.3) is 0 Å². The monoisotopic (exact) mass is 338 g/mol. The molecule has 128 valence electrons. The Morgan fingerprint density at radius 3 is 2.48 bits per heavy atom. The lowest BCUT2D eigenvalue weighted by atomic mass is 10.0. The van der Waals surface area contributed by atoms with Crippen LogP contribution in [0.2, 0.25) is 0 Å². The van der Waals surface area contributed by atoms with Crippen molar-refractivity contribution in [3.8, 4) is 5.75 Å². The van der Waals surface area contributed by atoms with Gasteiger partial charge in [0.2, 0.25) is 0 Å². The summed E-state index contributed by atoms with van der Waals surface area (Å²) >= 11 is 0.